The van der Waals surface area contributed by atoms with Gasteiger partial charge in [0.25, 0.3) is 0 Å². The standard InChI is InChI=1S/C7H20O2Si3/c1-7(2,11(3)10-8)9-12(4,5)6/h10-11H,1-6H3. The molecule has 0 saturated carbocycles. The second-order valence-electron chi connectivity index (χ2n) is 4.74. The van der Waals surface area contributed by atoms with Crippen LogP contribution in [0.3, 0.4) is 0 Å². The van der Waals surface area contributed by atoms with E-state index in [0.717, 1.165) is 0 Å². The van der Waals surface area contributed by atoms with Crippen molar-refractivity contribution in [1.29, 1.82) is 0 Å². The summed E-state index contributed by atoms with van der Waals surface area (Å²) in [5.74, 6) is 0. The molecule has 72 valence electrons. The summed E-state index contributed by atoms with van der Waals surface area (Å²) in [5.41, 5.74) is 0. The molecule has 0 bridgehead atoms. The molecular formula is C7H20O2Si3. The molecule has 0 aromatic heterocycles. The number of hydrogen-bond acceptors (Lipinski definition) is 2. The van der Waals surface area contributed by atoms with Gasteiger partial charge in [0, 0.05) is 5.22 Å². The van der Waals surface area contributed by atoms with Crippen molar-refractivity contribution >= 4 is 25.6 Å². The lowest BCUT2D eigenvalue weighted by Crippen LogP contribution is -2.49. The molecular weight excluding hydrogens is 200 g/mol. The van der Waals surface area contributed by atoms with Crippen molar-refractivity contribution in [3.63, 3.8) is 0 Å². The van der Waals surface area contributed by atoms with E-state index in [-0.39, 0.29) is 5.22 Å². The van der Waals surface area contributed by atoms with Crippen LogP contribution in [0.15, 0.2) is 0 Å². The highest BCUT2D eigenvalue weighted by atomic mass is 29.2. The van der Waals surface area contributed by atoms with Crippen LogP contribution in [0.4, 0.5) is 0 Å². The Morgan fingerprint density at radius 2 is 1.75 bits per heavy atom. The third kappa shape index (κ3) is 4.44. The fourth-order valence-corrected chi connectivity index (χ4v) is 6.35. The number of rotatable bonds is 4. The maximum atomic E-state index is 10.8. The van der Waals surface area contributed by atoms with Gasteiger partial charge in [-0.1, -0.05) is 6.55 Å². The summed E-state index contributed by atoms with van der Waals surface area (Å²) in [6, 6.07) is 0. The molecule has 0 aromatic carbocycles. The molecule has 5 heteroatoms. The molecule has 0 saturated heterocycles. The molecule has 0 aliphatic rings. The number of hydrogen-bond donors (Lipinski definition) is 0. The van der Waals surface area contributed by atoms with Gasteiger partial charge in [-0.3, -0.25) is 0 Å². The van der Waals surface area contributed by atoms with Gasteiger partial charge in [-0.05, 0) is 33.5 Å². The molecule has 1 atom stereocenters. The minimum absolute atomic E-state index is 0.0818. The van der Waals surface area contributed by atoms with Crippen LogP contribution in [0.1, 0.15) is 13.8 Å². The SMILES string of the molecule is C[SiH]([SiH]=O)C(C)(C)O[Si](C)(C)C. The highest BCUT2D eigenvalue weighted by Gasteiger charge is 2.33. The molecule has 0 amide bonds. The van der Waals surface area contributed by atoms with Crippen LogP contribution in [0.5, 0.6) is 0 Å². The minimum atomic E-state index is -1.46. The van der Waals surface area contributed by atoms with Crippen molar-refractivity contribution in [3.05, 3.63) is 0 Å². The van der Waals surface area contributed by atoms with Gasteiger partial charge in [0.05, 0.1) is 0 Å². The molecule has 12 heavy (non-hydrogen) atoms. The highest BCUT2D eigenvalue weighted by Crippen LogP contribution is 2.18. The van der Waals surface area contributed by atoms with Crippen molar-refractivity contribution in [2.75, 3.05) is 0 Å². The molecule has 0 spiro atoms. The first kappa shape index (κ1) is 12.4. The Morgan fingerprint density at radius 1 is 1.33 bits per heavy atom. The summed E-state index contributed by atoms with van der Waals surface area (Å²) in [4.78, 5) is 0. The summed E-state index contributed by atoms with van der Waals surface area (Å²) < 4.78 is 16.8. The quantitative estimate of drug-likeness (QED) is 0.668. The Bertz CT molecular complexity index is 163. The van der Waals surface area contributed by atoms with Crippen LogP contribution in [0.25, 0.3) is 0 Å². The molecule has 0 N–H and O–H groups in total. The largest absolute Gasteiger partial charge is 0.416 e. The second kappa shape index (κ2) is 4.08. The third-order valence-corrected chi connectivity index (χ3v) is 9.60. The van der Waals surface area contributed by atoms with E-state index >= 15 is 0 Å². The first-order valence-corrected chi connectivity index (χ1v) is 12.6. The van der Waals surface area contributed by atoms with Crippen LogP contribution >= 0.6 is 0 Å². The van der Waals surface area contributed by atoms with Crippen LogP contribution in [0.2, 0.25) is 26.2 Å². The van der Waals surface area contributed by atoms with Gasteiger partial charge in [-0.2, -0.15) is 0 Å². The van der Waals surface area contributed by atoms with E-state index in [1.54, 1.807) is 0 Å². The Labute approximate surface area is 80.1 Å². The predicted molar refractivity (Wildman–Crippen MR) is 59.4 cm³/mol. The van der Waals surface area contributed by atoms with Crippen LogP contribution in [-0.4, -0.2) is 30.8 Å². The monoisotopic (exact) mass is 220 g/mol. The van der Waals surface area contributed by atoms with Crippen LogP contribution < -0.4 is 0 Å². The summed E-state index contributed by atoms with van der Waals surface area (Å²) in [5, 5.41) is -0.0818. The van der Waals surface area contributed by atoms with Crippen LogP contribution in [-0.2, 0) is 8.89 Å². The molecule has 0 rings (SSSR count). The Hall–Kier alpha value is 0.411. The van der Waals surface area contributed by atoms with Crippen molar-refractivity contribution in [1.82, 2.24) is 0 Å². The lowest BCUT2D eigenvalue weighted by Gasteiger charge is -2.34. The lowest BCUT2D eigenvalue weighted by atomic mass is 10.5. The first-order valence-electron chi connectivity index (χ1n) is 4.34. The normalized spacial score (nSPS) is 15.8. The van der Waals surface area contributed by atoms with E-state index in [2.05, 4.69) is 40.0 Å². The summed E-state index contributed by atoms with van der Waals surface area (Å²) in [6.07, 6.45) is 0. The maximum Gasteiger partial charge on any atom is 0.240 e. The van der Waals surface area contributed by atoms with Gasteiger partial charge in [0.1, 0.15) is 8.31 Å². The lowest BCUT2D eigenvalue weighted by molar-refractivity contribution is 0.184. The Morgan fingerprint density at radius 3 is 2.00 bits per heavy atom. The molecule has 0 fully saturated rings. The van der Waals surface area contributed by atoms with Crippen molar-refractivity contribution in [2.45, 2.75) is 45.3 Å². The van der Waals surface area contributed by atoms with E-state index in [4.69, 9.17) is 4.43 Å². The molecule has 2 nitrogen and oxygen atoms in total. The predicted octanol–water partition coefficient (Wildman–Crippen LogP) is 1.29. The average molecular weight is 220 g/mol. The van der Waals surface area contributed by atoms with Crippen molar-refractivity contribution in [3.8, 4) is 0 Å². The zero-order valence-corrected chi connectivity index (χ0v) is 12.3. The summed E-state index contributed by atoms with van der Waals surface area (Å²) in [7, 11) is -3.21. The van der Waals surface area contributed by atoms with Crippen molar-refractivity contribution < 1.29 is 8.89 Å². The third-order valence-electron chi connectivity index (χ3n) is 1.87. The zero-order valence-electron chi connectivity index (χ0n) is 8.97. The fraction of sp³-hybridized carbons (Fsp3) is 1.00. The zero-order chi connectivity index (χ0) is 9.99. The van der Waals surface area contributed by atoms with Gasteiger partial charge in [0.15, 0.2) is 8.32 Å². The van der Waals surface area contributed by atoms with Gasteiger partial charge in [-0.15, -0.1) is 0 Å². The Balaban J connectivity index is 4.31. The van der Waals surface area contributed by atoms with E-state index < -0.39 is 25.6 Å². The van der Waals surface area contributed by atoms with E-state index in [1.165, 1.54) is 0 Å². The topological polar surface area (TPSA) is 26.3 Å². The first-order chi connectivity index (χ1) is 5.19. The fourth-order valence-electron chi connectivity index (χ4n) is 1.05. The average Bonchev–Trinajstić information content (AvgIpc) is 1.80. The van der Waals surface area contributed by atoms with Crippen molar-refractivity contribution in [2.24, 2.45) is 0 Å². The second-order valence-corrected chi connectivity index (χ2v) is 16.2. The van der Waals surface area contributed by atoms with Gasteiger partial charge in [0.2, 0.25) is 8.92 Å². The van der Waals surface area contributed by atoms with Gasteiger partial charge < -0.3 is 8.89 Å². The molecule has 0 aromatic rings. The molecule has 0 aliphatic heterocycles. The van der Waals surface area contributed by atoms with Gasteiger partial charge >= 0.3 is 0 Å². The summed E-state index contributed by atoms with van der Waals surface area (Å²) in [6.45, 7) is 12.8. The minimum Gasteiger partial charge on any atom is -0.416 e. The smallest absolute Gasteiger partial charge is 0.240 e. The maximum absolute atomic E-state index is 10.8. The van der Waals surface area contributed by atoms with E-state index in [1.807, 2.05) is 0 Å². The molecule has 0 radical (unpaired) electrons. The van der Waals surface area contributed by atoms with E-state index in [9.17, 15) is 4.46 Å². The van der Waals surface area contributed by atoms with E-state index in [0.29, 0.717) is 0 Å². The molecule has 0 heterocycles. The van der Waals surface area contributed by atoms with Crippen LogP contribution in [0, 0.1) is 0 Å². The highest BCUT2D eigenvalue weighted by molar-refractivity contribution is 7.07. The summed E-state index contributed by atoms with van der Waals surface area (Å²) >= 11 is 0. The van der Waals surface area contributed by atoms with Gasteiger partial charge in [-0.25, -0.2) is 0 Å². The Kier molecular flexibility index (Phi) is 4.22. The molecule has 1 unspecified atom stereocenters. The molecule has 0 aliphatic carbocycles.